The maximum absolute atomic E-state index is 4.10. The zero-order valence-corrected chi connectivity index (χ0v) is 20.6. The van der Waals surface area contributed by atoms with Crippen molar-refractivity contribution in [2.24, 2.45) is 10.2 Å². The first-order chi connectivity index (χ1) is 15.2. The SMILES string of the molecule is CCCC[N+](CCCC)(CCCC)CCCC.c1ccc(N=Nc2ccccc2)cc1. The van der Waals surface area contributed by atoms with Gasteiger partial charge in [-0.25, -0.2) is 0 Å². The van der Waals surface area contributed by atoms with E-state index in [2.05, 4.69) is 37.9 Å². The fraction of sp³-hybridized carbons (Fsp3) is 0.571. The highest BCUT2D eigenvalue weighted by Gasteiger charge is 2.24. The summed E-state index contributed by atoms with van der Waals surface area (Å²) in [6.45, 7) is 15.0. The van der Waals surface area contributed by atoms with Crippen LogP contribution in [0.1, 0.15) is 79.1 Å². The van der Waals surface area contributed by atoms with Crippen molar-refractivity contribution in [3.05, 3.63) is 60.7 Å². The Morgan fingerprint density at radius 2 is 0.774 bits per heavy atom. The molecule has 31 heavy (non-hydrogen) atoms. The van der Waals surface area contributed by atoms with Gasteiger partial charge < -0.3 is 4.48 Å². The van der Waals surface area contributed by atoms with Gasteiger partial charge >= 0.3 is 0 Å². The van der Waals surface area contributed by atoms with E-state index in [1.807, 2.05) is 60.7 Å². The molecule has 0 unspecified atom stereocenters. The fourth-order valence-electron chi connectivity index (χ4n) is 3.75. The predicted molar refractivity (Wildman–Crippen MR) is 136 cm³/mol. The molecule has 3 nitrogen and oxygen atoms in total. The van der Waals surface area contributed by atoms with Crippen LogP contribution in [0.3, 0.4) is 0 Å². The van der Waals surface area contributed by atoms with Gasteiger partial charge in [-0.3, -0.25) is 0 Å². The van der Waals surface area contributed by atoms with Crippen molar-refractivity contribution in [2.75, 3.05) is 26.2 Å². The minimum absolute atomic E-state index is 0.872. The van der Waals surface area contributed by atoms with Crippen LogP contribution in [0.4, 0.5) is 11.4 Å². The van der Waals surface area contributed by atoms with E-state index in [1.165, 1.54) is 82.0 Å². The number of azo groups is 1. The number of hydrogen-bond acceptors (Lipinski definition) is 2. The molecule has 0 atom stereocenters. The van der Waals surface area contributed by atoms with Crippen LogP contribution in [0.25, 0.3) is 0 Å². The van der Waals surface area contributed by atoms with Crippen molar-refractivity contribution in [3.63, 3.8) is 0 Å². The van der Waals surface area contributed by atoms with Crippen LogP contribution in [-0.4, -0.2) is 30.7 Å². The predicted octanol–water partition coefficient (Wildman–Crippen LogP) is 9.11. The van der Waals surface area contributed by atoms with E-state index in [4.69, 9.17) is 0 Å². The summed E-state index contributed by atoms with van der Waals surface area (Å²) in [4.78, 5) is 0. The van der Waals surface area contributed by atoms with Gasteiger partial charge in [0.25, 0.3) is 0 Å². The maximum atomic E-state index is 4.10. The third-order valence-electron chi connectivity index (χ3n) is 5.74. The minimum Gasteiger partial charge on any atom is -0.324 e. The van der Waals surface area contributed by atoms with E-state index < -0.39 is 0 Å². The molecule has 0 saturated carbocycles. The molecule has 0 N–H and O–H groups in total. The average molecular weight is 425 g/mol. The quantitative estimate of drug-likeness (QED) is 0.213. The summed E-state index contributed by atoms with van der Waals surface area (Å²) in [6, 6.07) is 19.4. The zero-order valence-electron chi connectivity index (χ0n) is 20.6. The van der Waals surface area contributed by atoms with Crippen LogP contribution >= 0.6 is 0 Å². The van der Waals surface area contributed by atoms with Crippen LogP contribution < -0.4 is 0 Å². The summed E-state index contributed by atoms with van der Waals surface area (Å²) in [5.74, 6) is 0. The second-order valence-electron chi connectivity index (χ2n) is 8.52. The maximum Gasteiger partial charge on any atom is 0.0857 e. The van der Waals surface area contributed by atoms with Crippen LogP contribution in [0, 0.1) is 0 Å². The normalized spacial score (nSPS) is 11.4. The van der Waals surface area contributed by atoms with Crippen LogP contribution in [0.15, 0.2) is 70.9 Å². The third kappa shape index (κ3) is 12.4. The average Bonchev–Trinajstić information content (AvgIpc) is 2.83. The highest BCUT2D eigenvalue weighted by molar-refractivity contribution is 5.39. The Morgan fingerprint density at radius 1 is 0.484 bits per heavy atom. The van der Waals surface area contributed by atoms with Gasteiger partial charge in [0.1, 0.15) is 0 Å². The molecule has 0 amide bonds. The number of nitrogens with zero attached hydrogens (tertiary/aromatic N) is 3. The number of unbranched alkanes of at least 4 members (excludes halogenated alkanes) is 4. The number of quaternary nitrogens is 1. The lowest BCUT2D eigenvalue weighted by Gasteiger charge is -2.39. The van der Waals surface area contributed by atoms with Crippen molar-refractivity contribution in [1.82, 2.24) is 0 Å². The summed E-state index contributed by atoms with van der Waals surface area (Å²) in [5.41, 5.74) is 1.74. The zero-order chi connectivity index (χ0) is 22.6. The van der Waals surface area contributed by atoms with Gasteiger partial charge in [0.05, 0.1) is 37.6 Å². The summed E-state index contributed by atoms with van der Waals surface area (Å²) >= 11 is 0. The van der Waals surface area contributed by atoms with Crippen LogP contribution in [-0.2, 0) is 0 Å². The molecule has 0 aliphatic rings. The third-order valence-corrected chi connectivity index (χ3v) is 5.74. The molecule has 2 rings (SSSR count). The molecular formula is C28H46N3+. The highest BCUT2D eigenvalue weighted by Crippen LogP contribution is 2.17. The van der Waals surface area contributed by atoms with Crippen molar-refractivity contribution < 1.29 is 4.48 Å². The van der Waals surface area contributed by atoms with Crippen LogP contribution in [0.5, 0.6) is 0 Å². The lowest BCUT2D eigenvalue weighted by molar-refractivity contribution is -0.929. The van der Waals surface area contributed by atoms with Crippen molar-refractivity contribution >= 4 is 11.4 Å². The van der Waals surface area contributed by atoms with Crippen molar-refractivity contribution in [3.8, 4) is 0 Å². The molecule has 0 bridgehead atoms. The van der Waals surface area contributed by atoms with Gasteiger partial charge in [-0.2, -0.15) is 10.2 Å². The molecule has 0 heterocycles. The lowest BCUT2D eigenvalue weighted by atomic mass is 10.1. The van der Waals surface area contributed by atoms with Crippen molar-refractivity contribution in [1.29, 1.82) is 0 Å². The first kappa shape index (κ1) is 27.0. The number of rotatable bonds is 14. The van der Waals surface area contributed by atoms with E-state index >= 15 is 0 Å². The monoisotopic (exact) mass is 424 g/mol. The molecule has 0 aliphatic heterocycles. The molecule has 2 aromatic rings. The Morgan fingerprint density at radius 3 is 1.03 bits per heavy atom. The summed E-state index contributed by atoms with van der Waals surface area (Å²) in [7, 11) is 0. The smallest absolute Gasteiger partial charge is 0.0857 e. The van der Waals surface area contributed by atoms with Gasteiger partial charge in [0.15, 0.2) is 0 Å². The topological polar surface area (TPSA) is 24.7 Å². The largest absolute Gasteiger partial charge is 0.324 e. The lowest BCUT2D eigenvalue weighted by Crippen LogP contribution is -2.50. The molecule has 0 aromatic heterocycles. The van der Waals surface area contributed by atoms with E-state index in [-0.39, 0.29) is 0 Å². The second kappa shape index (κ2) is 17.7. The van der Waals surface area contributed by atoms with Crippen LogP contribution in [0.2, 0.25) is 0 Å². The first-order valence-corrected chi connectivity index (χ1v) is 12.6. The second-order valence-corrected chi connectivity index (χ2v) is 8.52. The molecule has 172 valence electrons. The summed E-state index contributed by atoms with van der Waals surface area (Å²) in [5, 5.41) is 8.20. The standard InChI is InChI=1S/C16H36N.C12H10N2/c1-5-9-13-17(14-10-6-2,15-11-7-3)16-12-8-4;1-3-7-11(8-4-1)13-14-12-9-5-2-6-10-12/h5-16H2,1-4H3;1-10H/q+1;. The van der Waals surface area contributed by atoms with E-state index in [1.54, 1.807) is 0 Å². The van der Waals surface area contributed by atoms with Gasteiger partial charge in [0.2, 0.25) is 0 Å². The Hall–Kier alpha value is -2.00. The molecular weight excluding hydrogens is 378 g/mol. The Balaban J connectivity index is 0.000000314. The Labute approximate surface area is 192 Å². The molecule has 2 aromatic carbocycles. The summed E-state index contributed by atoms with van der Waals surface area (Å²) < 4.78 is 1.42. The van der Waals surface area contributed by atoms with Gasteiger partial charge in [-0.15, -0.1) is 0 Å². The van der Waals surface area contributed by atoms with Gasteiger partial charge in [-0.05, 0) is 49.9 Å². The van der Waals surface area contributed by atoms with E-state index in [0.29, 0.717) is 0 Å². The Kier molecular flexibility index (Phi) is 15.4. The molecule has 0 radical (unpaired) electrons. The summed E-state index contributed by atoms with van der Waals surface area (Å²) in [6.07, 6.45) is 11.1. The minimum atomic E-state index is 0.872. The Bertz CT molecular complexity index is 588. The van der Waals surface area contributed by atoms with Gasteiger partial charge in [0, 0.05) is 0 Å². The van der Waals surface area contributed by atoms with E-state index in [9.17, 15) is 0 Å². The number of hydrogen-bond donors (Lipinski definition) is 0. The fourth-order valence-corrected chi connectivity index (χ4v) is 3.75. The first-order valence-electron chi connectivity index (χ1n) is 12.6. The molecule has 0 saturated heterocycles. The molecule has 0 fully saturated rings. The molecule has 0 spiro atoms. The molecule has 3 heteroatoms. The van der Waals surface area contributed by atoms with Crippen molar-refractivity contribution in [2.45, 2.75) is 79.1 Å². The van der Waals surface area contributed by atoms with Gasteiger partial charge in [-0.1, -0.05) is 89.8 Å². The van der Waals surface area contributed by atoms with E-state index in [0.717, 1.165) is 11.4 Å². The molecule has 0 aliphatic carbocycles. The highest BCUT2D eigenvalue weighted by atomic mass is 15.3. The number of benzene rings is 2.